The number of hydrogen-bond acceptors (Lipinski definition) is 4. The summed E-state index contributed by atoms with van der Waals surface area (Å²) in [5, 5.41) is 2.88. The minimum atomic E-state index is -0.440. The summed E-state index contributed by atoms with van der Waals surface area (Å²) in [6.07, 6.45) is 4.33. The van der Waals surface area contributed by atoms with E-state index in [-0.39, 0.29) is 11.8 Å². The summed E-state index contributed by atoms with van der Waals surface area (Å²) in [7, 11) is 0. The molecule has 23 heavy (non-hydrogen) atoms. The molecule has 0 spiro atoms. The number of carbonyl (C=O) groups excluding carboxylic acids is 2. The summed E-state index contributed by atoms with van der Waals surface area (Å²) in [6, 6.07) is 6.98. The Morgan fingerprint density at radius 2 is 2.30 bits per heavy atom. The minimum Gasteiger partial charge on any atom is -0.464 e. The molecule has 6 nitrogen and oxygen atoms in total. The van der Waals surface area contributed by atoms with Gasteiger partial charge in [-0.3, -0.25) is 14.6 Å². The number of amides is 2. The van der Waals surface area contributed by atoms with Crippen molar-refractivity contribution >= 4 is 11.8 Å². The topological polar surface area (TPSA) is 75.4 Å². The van der Waals surface area contributed by atoms with Gasteiger partial charge in [-0.15, -0.1) is 0 Å². The monoisotopic (exact) mass is 313 g/mol. The highest BCUT2D eigenvalue weighted by Gasteiger charge is 2.36. The van der Waals surface area contributed by atoms with Gasteiger partial charge in [0, 0.05) is 25.4 Å². The fourth-order valence-electron chi connectivity index (χ4n) is 2.75. The molecule has 3 rings (SSSR count). The molecule has 1 atom stereocenters. The number of furan rings is 1. The standard InChI is InChI=1S/C17H19N3O3/c1-12-4-5-14(23-12)11-20-15(6-7-16(20)21)17(22)19-10-13-3-2-8-18-9-13/h2-5,8-9,15H,6-7,10-11H2,1H3,(H,19,22)/t15-/m0/s1. The van der Waals surface area contributed by atoms with Gasteiger partial charge in [0.1, 0.15) is 17.6 Å². The Kier molecular flexibility index (Phi) is 4.41. The van der Waals surface area contributed by atoms with Crippen LogP contribution in [0.25, 0.3) is 0 Å². The molecular weight excluding hydrogens is 294 g/mol. The van der Waals surface area contributed by atoms with Crippen LogP contribution in [0.2, 0.25) is 0 Å². The van der Waals surface area contributed by atoms with Gasteiger partial charge in [0.15, 0.2) is 0 Å². The molecule has 1 aliphatic rings. The molecule has 2 aromatic heterocycles. The summed E-state index contributed by atoms with van der Waals surface area (Å²) in [5.41, 5.74) is 0.929. The van der Waals surface area contributed by atoms with Crippen molar-refractivity contribution in [2.75, 3.05) is 0 Å². The van der Waals surface area contributed by atoms with Crippen LogP contribution >= 0.6 is 0 Å². The summed E-state index contributed by atoms with van der Waals surface area (Å²) in [6.45, 7) is 2.59. The molecule has 2 aromatic rings. The Labute approximate surface area is 134 Å². The summed E-state index contributed by atoms with van der Waals surface area (Å²) in [4.78, 5) is 30.1. The number of nitrogens with one attached hydrogen (secondary N) is 1. The van der Waals surface area contributed by atoms with Crippen LogP contribution in [0, 0.1) is 6.92 Å². The summed E-state index contributed by atoms with van der Waals surface area (Å²) < 4.78 is 5.52. The van der Waals surface area contributed by atoms with Crippen LogP contribution in [0.3, 0.4) is 0 Å². The zero-order valence-electron chi connectivity index (χ0n) is 13.0. The van der Waals surface area contributed by atoms with E-state index in [1.807, 2.05) is 31.2 Å². The number of carbonyl (C=O) groups is 2. The molecule has 0 unspecified atom stereocenters. The Morgan fingerprint density at radius 3 is 3.00 bits per heavy atom. The van der Waals surface area contributed by atoms with E-state index in [2.05, 4.69) is 10.3 Å². The molecule has 1 N–H and O–H groups in total. The van der Waals surface area contributed by atoms with Crippen molar-refractivity contribution < 1.29 is 14.0 Å². The highest BCUT2D eigenvalue weighted by molar-refractivity contribution is 5.90. The van der Waals surface area contributed by atoms with E-state index in [0.717, 1.165) is 11.3 Å². The van der Waals surface area contributed by atoms with Crippen molar-refractivity contribution in [2.24, 2.45) is 0 Å². The highest BCUT2D eigenvalue weighted by Crippen LogP contribution is 2.22. The smallest absolute Gasteiger partial charge is 0.243 e. The van der Waals surface area contributed by atoms with E-state index >= 15 is 0 Å². The Hall–Kier alpha value is -2.63. The molecule has 120 valence electrons. The number of hydrogen-bond donors (Lipinski definition) is 1. The van der Waals surface area contributed by atoms with Crippen LogP contribution in [0.15, 0.2) is 41.1 Å². The first-order chi connectivity index (χ1) is 11.1. The van der Waals surface area contributed by atoms with Gasteiger partial charge in [0.2, 0.25) is 11.8 Å². The second-order valence-electron chi connectivity index (χ2n) is 5.67. The number of aryl methyl sites for hydroxylation is 1. The normalized spacial score (nSPS) is 17.5. The van der Waals surface area contributed by atoms with Crippen molar-refractivity contribution in [3.05, 3.63) is 53.7 Å². The lowest BCUT2D eigenvalue weighted by atomic mass is 10.2. The first-order valence-corrected chi connectivity index (χ1v) is 7.65. The van der Waals surface area contributed by atoms with E-state index in [0.29, 0.717) is 31.7 Å². The number of pyridine rings is 1. The van der Waals surface area contributed by atoms with Gasteiger partial charge in [0.05, 0.1) is 6.54 Å². The molecule has 0 saturated carbocycles. The Morgan fingerprint density at radius 1 is 1.43 bits per heavy atom. The van der Waals surface area contributed by atoms with Crippen LogP contribution in [0.5, 0.6) is 0 Å². The van der Waals surface area contributed by atoms with Gasteiger partial charge in [-0.05, 0) is 37.1 Å². The molecule has 6 heteroatoms. The maximum absolute atomic E-state index is 12.4. The maximum atomic E-state index is 12.4. The Bertz CT molecular complexity index is 696. The number of nitrogens with zero attached hydrogens (tertiary/aromatic N) is 2. The van der Waals surface area contributed by atoms with E-state index in [1.165, 1.54) is 0 Å². The summed E-state index contributed by atoms with van der Waals surface area (Å²) in [5.74, 6) is 1.34. The fourth-order valence-corrected chi connectivity index (χ4v) is 2.75. The molecule has 1 saturated heterocycles. The van der Waals surface area contributed by atoms with Crippen molar-refractivity contribution in [3.8, 4) is 0 Å². The molecule has 0 bridgehead atoms. The van der Waals surface area contributed by atoms with Crippen LogP contribution in [-0.2, 0) is 22.7 Å². The van der Waals surface area contributed by atoms with Crippen LogP contribution in [-0.4, -0.2) is 27.7 Å². The molecule has 1 aliphatic heterocycles. The van der Waals surface area contributed by atoms with Crippen LogP contribution < -0.4 is 5.32 Å². The lowest BCUT2D eigenvalue weighted by Crippen LogP contribution is -2.44. The second kappa shape index (κ2) is 6.64. The van der Waals surface area contributed by atoms with Gasteiger partial charge in [-0.1, -0.05) is 6.07 Å². The largest absolute Gasteiger partial charge is 0.464 e. The number of likely N-dealkylation sites (tertiary alicyclic amines) is 1. The second-order valence-corrected chi connectivity index (χ2v) is 5.67. The molecule has 3 heterocycles. The van der Waals surface area contributed by atoms with Crippen molar-refractivity contribution in [1.82, 2.24) is 15.2 Å². The van der Waals surface area contributed by atoms with E-state index in [1.54, 1.807) is 17.3 Å². The van der Waals surface area contributed by atoms with Crippen molar-refractivity contribution in [3.63, 3.8) is 0 Å². The zero-order valence-corrected chi connectivity index (χ0v) is 13.0. The van der Waals surface area contributed by atoms with Gasteiger partial charge < -0.3 is 14.6 Å². The predicted octanol–water partition coefficient (Wildman–Crippen LogP) is 1.79. The predicted molar refractivity (Wildman–Crippen MR) is 83.1 cm³/mol. The molecule has 1 fully saturated rings. The minimum absolute atomic E-state index is 0.0134. The quantitative estimate of drug-likeness (QED) is 0.913. The number of aromatic nitrogens is 1. The van der Waals surface area contributed by atoms with Gasteiger partial charge in [0.25, 0.3) is 0 Å². The third-order valence-corrected chi connectivity index (χ3v) is 3.94. The lowest BCUT2D eigenvalue weighted by Gasteiger charge is -2.23. The molecule has 0 aliphatic carbocycles. The van der Waals surface area contributed by atoms with Crippen LogP contribution in [0.4, 0.5) is 0 Å². The highest BCUT2D eigenvalue weighted by atomic mass is 16.3. The van der Waals surface area contributed by atoms with Gasteiger partial charge in [-0.25, -0.2) is 0 Å². The van der Waals surface area contributed by atoms with Crippen LogP contribution in [0.1, 0.15) is 29.9 Å². The number of rotatable bonds is 5. The maximum Gasteiger partial charge on any atom is 0.243 e. The first kappa shape index (κ1) is 15.3. The Balaban J connectivity index is 1.62. The molecular formula is C17H19N3O3. The summed E-state index contributed by atoms with van der Waals surface area (Å²) >= 11 is 0. The fraction of sp³-hybridized carbons (Fsp3) is 0.353. The van der Waals surface area contributed by atoms with E-state index in [9.17, 15) is 9.59 Å². The van der Waals surface area contributed by atoms with Gasteiger partial charge in [-0.2, -0.15) is 0 Å². The van der Waals surface area contributed by atoms with E-state index < -0.39 is 6.04 Å². The molecule has 0 radical (unpaired) electrons. The lowest BCUT2D eigenvalue weighted by molar-refractivity contribution is -0.136. The average Bonchev–Trinajstić information content (AvgIpc) is 3.13. The third-order valence-electron chi connectivity index (χ3n) is 3.94. The molecule has 0 aromatic carbocycles. The molecule has 2 amide bonds. The third kappa shape index (κ3) is 3.59. The van der Waals surface area contributed by atoms with Crippen molar-refractivity contribution in [2.45, 2.75) is 38.9 Å². The zero-order chi connectivity index (χ0) is 16.2. The van der Waals surface area contributed by atoms with E-state index in [4.69, 9.17) is 4.42 Å². The first-order valence-electron chi connectivity index (χ1n) is 7.65. The average molecular weight is 313 g/mol. The van der Waals surface area contributed by atoms with Crippen molar-refractivity contribution in [1.29, 1.82) is 0 Å². The SMILES string of the molecule is Cc1ccc(CN2C(=O)CC[C@H]2C(=O)NCc2cccnc2)o1. The van der Waals surface area contributed by atoms with Gasteiger partial charge >= 0.3 is 0 Å².